The van der Waals surface area contributed by atoms with Crippen molar-refractivity contribution in [3.05, 3.63) is 0 Å². The van der Waals surface area contributed by atoms with Crippen LogP contribution in [0.25, 0.3) is 0 Å². The fraction of sp³-hybridized carbons (Fsp3) is 0.917. The lowest BCUT2D eigenvalue weighted by Crippen LogP contribution is -2.51. The van der Waals surface area contributed by atoms with Gasteiger partial charge in [0, 0.05) is 13.5 Å². The third-order valence-electron chi connectivity index (χ3n) is 3.89. The molecule has 0 fully saturated rings. The molecule has 0 saturated heterocycles. The Balaban J connectivity index is 4.95. The molecule has 0 amide bonds. The predicted molar refractivity (Wildman–Crippen MR) is 80.1 cm³/mol. The van der Waals surface area contributed by atoms with Gasteiger partial charge in [0.2, 0.25) is 5.60 Å². The number of halogens is 3. The van der Waals surface area contributed by atoms with E-state index in [9.17, 15) is 26.4 Å². The fourth-order valence-electron chi connectivity index (χ4n) is 1.70. The molecule has 0 radical (unpaired) electrons. The quantitative estimate of drug-likeness (QED) is 0.396. The standard InChI is InChI=1S/C12H23F3O6SSi/c1-9(23(4,5)20-3)6-7-10(16)21-11(2,12(13,14)15)8-22(17,18)19/h9H,6-8H2,1-5H3,(H,17,18,19). The Morgan fingerprint density at radius 1 is 1.30 bits per heavy atom. The van der Waals surface area contributed by atoms with Crippen molar-refractivity contribution in [3.63, 3.8) is 0 Å². The van der Waals surface area contributed by atoms with Gasteiger partial charge >= 0.3 is 12.1 Å². The van der Waals surface area contributed by atoms with E-state index >= 15 is 0 Å². The van der Waals surface area contributed by atoms with Crippen molar-refractivity contribution in [1.82, 2.24) is 0 Å². The summed E-state index contributed by atoms with van der Waals surface area (Å²) >= 11 is 0. The van der Waals surface area contributed by atoms with E-state index in [-0.39, 0.29) is 18.4 Å². The molecular weight excluding hydrogens is 357 g/mol. The zero-order chi connectivity index (χ0) is 18.7. The van der Waals surface area contributed by atoms with Crippen LogP contribution in [0.4, 0.5) is 13.2 Å². The van der Waals surface area contributed by atoms with Crippen LogP contribution in [-0.2, 0) is 24.1 Å². The normalized spacial score (nSPS) is 17.4. The second-order valence-corrected chi connectivity index (χ2v) is 12.2. The van der Waals surface area contributed by atoms with E-state index in [1.165, 1.54) is 7.11 Å². The van der Waals surface area contributed by atoms with Crippen LogP contribution in [0.2, 0.25) is 18.6 Å². The zero-order valence-corrected chi connectivity index (χ0v) is 15.5. The molecule has 2 unspecified atom stereocenters. The van der Waals surface area contributed by atoms with Gasteiger partial charge in [-0.05, 0) is 32.0 Å². The van der Waals surface area contributed by atoms with Crippen LogP contribution in [0.5, 0.6) is 0 Å². The largest absolute Gasteiger partial charge is 0.448 e. The molecule has 0 heterocycles. The Hall–Kier alpha value is -0.653. The summed E-state index contributed by atoms with van der Waals surface area (Å²) in [7, 11) is -5.49. The van der Waals surface area contributed by atoms with Crippen molar-refractivity contribution < 1.29 is 40.1 Å². The maximum absolute atomic E-state index is 13.0. The van der Waals surface area contributed by atoms with Crippen molar-refractivity contribution in [2.75, 3.05) is 12.9 Å². The van der Waals surface area contributed by atoms with Gasteiger partial charge in [0.1, 0.15) is 5.75 Å². The minimum absolute atomic E-state index is 0.0150. The van der Waals surface area contributed by atoms with Crippen molar-refractivity contribution in [2.45, 2.75) is 57.1 Å². The molecule has 1 N–H and O–H groups in total. The second-order valence-electron chi connectivity index (χ2n) is 6.18. The van der Waals surface area contributed by atoms with Crippen LogP contribution in [-0.4, -0.2) is 51.9 Å². The molecule has 0 aliphatic heterocycles. The minimum Gasteiger partial charge on any atom is -0.448 e. The molecule has 23 heavy (non-hydrogen) atoms. The molecule has 0 spiro atoms. The van der Waals surface area contributed by atoms with E-state index in [4.69, 9.17) is 8.98 Å². The maximum Gasteiger partial charge on any atom is 0.429 e. The molecule has 0 rings (SSSR count). The molecule has 11 heteroatoms. The summed E-state index contributed by atoms with van der Waals surface area (Å²) in [4.78, 5) is 11.7. The summed E-state index contributed by atoms with van der Waals surface area (Å²) in [6.45, 7) is 6.04. The van der Waals surface area contributed by atoms with E-state index in [1.807, 2.05) is 20.0 Å². The predicted octanol–water partition coefficient (Wildman–Crippen LogP) is 2.76. The lowest BCUT2D eigenvalue weighted by Gasteiger charge is -2.31. The van der Waals surface area contributed by atoms with Gasteiger partial charge in [0.15, 0.2) is 8.32 Å². The Labute approximate surface area is 135 Å². The fourth-order valence-corrected chi connectivity index (χ4v) is 3.86. The first kappa shape index (κ1) is 22.3. The molecular formula is C12H23F3O6SSi. The number of hydrogen-bond donors (Lipinski definition) is 1. The Kier molecular flexibility index (Phi) is 7.28. The van der Waals surface area contributed by atoms with Gasteiger partial charge in [-0.3, -0.25) is 9.35 Å². The average Bonchev–Trinajstić information content (AvgIpc) is 2.31. The minimum atomic E-state index is -5.13. The van der Waals surface area contributed by atoms with Gasteiger partial charge in [-0.2, -0.15) is 21.6 Å². The van der Waals surface area contributed by atoms with Gasteiger partial charge in [-0.15, -0.1) is 0 Å². The summed E-state index contributed by atoms with van der Waals surface area (Å²) in [6.07, 6.45) is -5.19. The van der Waals surface area contributed by atoms with Crippen molar-refractivity contribution in [3.8, 4) is 0 Å². The van der Waals surface area contributed by atoms with Crippen LogP contribution < -0.4 is 0 Å². The molecule has 0 saturated carbocycles. The number of esters is 1. The van der Waals surface area contributed by atoms with E-state index in [2.05, 4.69) is 4.74 Å². The lowest BCUT2D eigenvalue weighted by atomic mass is 10.1. The molecule has 2 atom stereocenters. The Morgan fingerprint density at radius 2 is 1.78 bits per heavy atom. The zero-order valence-electron chi connectivity index (χ0n) is 13.7. The average molecular weight is 380 g/mol. The maximum atomic E-state index is 13.0. The highest BCUT2D eigenvalue weighted by atomic mass is 32.2. The van der Waals surface area contributed by atoms with Crippen molar-refractivity contribution in [1.29, 1.82) is 0 Å². The van der Waals surface area contributed by atoms with Crippen LogP contribution >= 0.6 is 0 Å². The van der Waals surface area contributed by atoms with E-state index in [0.717, 1.165) is 0 Å². The third kappa shape index (κ3) is 7.19. The van der Waals surface area contributed by atoms with E-state index in [0.29, 0.717) is 6.92 Å². The monoisotopic (exact) mass is 380 g/mol. The van der Waals surface area contributed by atoms with Crippen molar-refractivity contribution in [2.24, 2.45) is 0 Å². The first-order valence-corrected chi connectivity index (χ1v) is 11.4. The highest BCUT2D eigenvalue weighted by Gasteiger charge is 2.57. The first-order valence-electron chi connectivity index (χ1n) is 6.83. The van der Waals surface area contributed by atoms with Crippen LogP contribution in [0, 0.1) is 0 Å². The van der Waals surface area contributed by atoms with E-state index in [1.54, 1.807) is 0 Å². The summed E-state index contributed by atoms with van der Waals surface area (Å²) in [5.74, 6) is -2.93. The number of carbonyl (C=O) groups excluding carboxylic acids is 1. The van der Waals surface area contributed by atoms with Gasteiger partial charge < -0.3 is 9.16 Å². The number of hydrogen-bond acceptors (Lipinski definition) is 5. The van der Waals surface area contributed by atoms with Gasteiger partial charge in [0.25, 0.3) is 10.1 Å². The molecule has 0 bridgehead atoms. The Morgan fingerprint density at radius 3 is 2.13 bits per heavy atom. The van der Waals surface area contributed by atoms with E-state index < -0.39 is 41.9 Å². The number of alkyl halides is 3. The summed E-state index contributed by atoms with van der Waals surface area (Å²) in [6, 6.07) is 0. The first-order chi connectivity index (χ1) is 10.0. The number of ether oxygens (including phenoxy) is 1. The van der Waals surface area contributed by atoms with Crippen LogP contribution in [0.3, 0.4) is 0 Å². The molecule has 6 nitrogen and oxygen atoms in total. The highest BCUT2D eigenvalue weighted by Crippen LogP contribution is 2.35. The molecule has 138 valence electrons. The van der Waals surface area contributed by atoms with Crippen LogP contribution in [0.1, 0.15) is 26.7 Å². The summed E-state index contributed by atoms with van der Waals surface area (Å²) in [5, 5.41) is 0. The van der Waals surface area contributed by atoms with Crippen LogP contribution in [0.15, 0.2) is 0 Å². The molecule has 0 aliphatic rings. The van der Waals surface area contributed by atoms with Gasteiger partial charge in [-0.25, -0.2) is 0 Å². The molecule has 0 aromatic rings. The third-order valence-corrected chi connectivity index (χ3v) is 8.52. The van der Waals surface area contributed by atoms with Crippen molar-refractivity contribution >= 4 is 24.4 Å². The lowest BCUT2D eigenvalue weighted by molar-refractivity contribution is -0.256. The molecule has 0 aromatic carbocycles. The summed E-state index contributed by atoms with van der Waals surface area (Å²) < 4.78 is 78.8. The topological polar surface area (TPSA) is 89.9 Å². The molecule has 0 aromatic heterocycles. The van der Waals surface area contributed by atoms with Gasteiger partial charge in [-0.1, -0.05) is 6.92 Å². The second kappa shape index (κ2) is 7.49. The molecule has 0 aliphatic carbocycles. The SMILES string of the molecule is CO[Si](C)(C)C(C)CCC(=O)OC(C)(CS(=O)(=O)O)C(F)(F)F. The Bertz CT molecular complexity index is 519. The summed E-state index contributed by atoms with van der Waals surface area (Å²) in [5.41, 5.74) is -3.31. The van der Waals surface area contributed by atoms with Gasteiger partial charge in [0.05, 0.1) is 0 Å². The smallest absolute Gasteiger partial charge is 0.429 e. The number of rotatable bonds is 8. The number of carbonyl (C=O) groups is 1. The highest BCUT2D eigenvalue weighted by molar-refractivity contribution is 7.85.